The number of rotatable bonds is 6. The van der Waals surface area contributed by atoms with Crippen molar-refractivity contribution < 1.29 is 9.53 Å². The Bertz CT molecular complexity index is 431. The van der Waals surface area contributed by atoms with Gasteiger partial charge in [0.05, 0.1) is 6.61 Å². The Balaban J connectivity index is 2.01. The number of hydrogen-bond donors (Lipinski definition) is 2. The fourth-order valence-corrected chi connectivity index (χ4v) is 2.41. The second kappa shape index (κ2) is 5.53. The smallest absolute Gasteiger partial charge is 0.267 e. The lowest BCUT2D eigenvalue weighted by atomic mass is 10.4. The van der Waals surface area contributed by atoms with Crippen molar-refractivity contribution >= 4 is 28.2 Å². The Morgan fingerprint density at radius 2 is 2.39 bits per heavy atom. The highest BCUT2D eigenvalue weighted by Crippen LogP contribution is 2.30. The monoisotopic (exact) mass is 270 g/mol. The number of anilines is 2. The van der Waals surface area contributed by atoms with Gasteiger partial charge in [0.25, 0.3) is 5.91 Å². The van der Waals surface area contributed by atoms with Crippen molar-refractivity contribution in [3.8, 4) is 0 Å². The number of nitrogen functional groups attached to an aromatic ring is 1. The first-order valence-corrected chi connectivity index (χ1v) is 6.70. The van der Waals surface area contributed by atoms with Gasteiger partial charge in [0.2, 0.25) is 0 Å². The number of amides is 1. The van der Waals surface area contributed by atoms with Gasteiger partial charge in [0.15, 0.2) is 5.13 Å². The molecule has 1 heterocycles. The summed E-state index contributed by atoms with van der Waals surface area (Å²) in [5.41, 5.74) is 5.79. The number of nitrogens with one attached hydrogen (secondary N) is 1. The lowest BCUT2D eigenvalue weighted by Crippen LogP contribution is -2.29. The molecule has 3 N–H and O–H groups in total. The first-order valence-electron chi connectivity index (χ1n) is 5.89. The van der Waals surface area contributed by atoms with E-state index in [1.54, 1.807) is 19.1 Å². The lowest BCUT2D eigenvalue weighted by molar-refractivity contribution is 0.0749. The molecule has 2 rings (SSSR count). The Kier molecular flexibility index (Phi) is 4.03. The summed E-state index contributed by atoms with van der Waals surface area (Å²) in [5, 5.41) is 3.98. The summed E-state index contributed by atoms with van der Waals surface area (Å²) in [7, 11) is 3.34. The number of nitrogens with zero attached hydrogens (tertiary/aromatic N) is 2. The second-order valence-corrected chi connectivity index (χ2v) is 5.37. The minimum Gasteiger partial charge on any atom is -0.383 e. The number of aromatic nitrogens is 1. The molecule has 1 aromatic rings. The van der Waals surface area contributed by atoms with Crippen LogP contribution in [0.2, 0.25) is 0 Å². The molecule has 0 unspecified atom stereocenters. The molecule has 100 valence electrons. The van der Waals surface area contributed by atoms with Crippen LogP contribution in [0.4, 0.5) is 10.9 Å². The van der Waals surface area contributed by atoms with E-state index >= 15 is 0 Å². The molecule has 0 atom stereocenters. The summed E-state index contributed by atoms with van der Waals surface area (Å²) in [6, 6.07) is 0.504. The molecular formula is C11H18N4O2S. The Morgan fingerprint density at radius 3 is 3.00 bits per heavy atom. The summed E-state index contributed by atoms with van der Waals surface area (Å²) < 4.78 is 4.95. The van der Waals surface area contributed by atoms with Gasteiger partial charge in [-0.05, 0) is 12.8 Å². The van der Waals surface area contributed by atoms with E-state index < -0.39 is 0 Å². The molecular weight excluding hydrogens is 252 g/mol. The average molecular weight is 270 g/mol. The maximum Gasteiger partial charge on any atom is 0.267 e. The van der Waals surface area contributed by atoms with E-state index in [4.69, 9.17) is 10.5 Å². The number of methoxy groups -OCH3 is 1. The number of thiazole rings is 1. The van der Waals surface area contributed by atoms with Crippen LogP contribution < -0.4 is 11.1 Å². The summed E-state index contributed by atoms with van der Waals surface area (Å²) in [5.74, 6) is 0.198. The molecule has 1 aliphatic rings. The molecule has 1 saturated carbocycles. The fraction of sp³-hybridized carbons (Fsp3) is 0.636. The molecule has 0 saturated heterocycles. The van der Waals surface area contributed by atoms with Crippen LogP contribution in [-0.4, -0.2) is 49.1 Å². The van der Waals surface area contributed by atoms with Crippen LogP contribution in [0.15, 0.2) is 0 Å². The number of carbonyl (C=O) groups excluding carboxylic acids is 1. The zero-order valence-corrected chi connectivity index (χ0v) is 11.4. The third kappa shape index (κ3) is 3.11. The topological polar surface area (TPSA) is 80.5 Å². The number of nitrogens with two attached hydrogens (primary N) is 1. The van der Waals surface area contributed by atoms with Crippen molar-refractivity contribution in [3.63, 3.8) is 0 Å². The molecule has 6 nitrogen and oxygen atoms in total. The summed E-state index contributed by atoms with van der Waals surface area (Å²) in [4.78, 5) is 18.4. The van der Waals surface area contributed by atoms with Crippen LogP contribution in [0.1, 0.15) is 22.5 Å². The van der Waals surface area contributed by atoms with E-state index in [9.17, 15) is 4.79 Å². The molecule has 0 spiro atoms. The van der Waals surface area contributed by atoms with Gasteiger partial charge >= 0.3 is 0 Å². The SMILES string of the molecule is COCCN(C)C(=O)c1sc(NC2CC2)nc1N. The zero-order valence-electron chi connectivity index (χ0n) is 10.6. The van der Waals surface area contributed by atoms with Crippen LogP contribution in [0.5, 0.6) is 0 Å². The normalized spacial score (nSPS) is 14.6. The average Bonchev–Trinajstić information content (AvgIpc) is 3.08. The van der Waals surface area contributed by atoms with Crippen LogP contribution in [0, 0.1) is 0 Å². The van der Waals surface area contributed by atoms with E-state index in [0.717, 1.165) is 18.0 Å². The highest BCUT2D eigenvalue weighted by molar-refractivity contribution is 7.18. The van der Waals surface area contributed by atoms with Gasteiger partial charge in [-0.1, -0.05) is 11.3 Å². The third-order valence-corrected chi connectivity index (χ3v) is 3.72. The molecule has 0 radical (unpaired) electrons. The Labute approximate surface area is 110 Å². The van der Waals surface area contributed by atoms with Gasteiger partial charge in [-0.15, -0.1) is 0 Å². The molecule has 1 amide bonds. The molecule has 1 fully saturated rings. The van der Waals surface area contributed by atoms with E-state index in [2.05, 4.69) is 10.3 Å². The zero-order chi connectivity index (χ0) is 13.1. The molecule has 7 heteroatoms. The predicted octanol–water partition coefficient (Wildman–Crippen LogP) is 1.02. The second-order valence-electron chi connectivity index (χ2n) is 4.37. The number of carbonyl (C=O) groups is 1. The van der Waals surface area contributed by atoms with Gasteiger partial charge in [0, 0.05) is 26.7 Å². The van der Waals surface area contributed by atoms with Crippen molar-refractivity contribution in [2.75, 3.05) is 38.4 Å². The van der Waals surface area contributed by atoms with Gasteiger partial charge in [-0.2, -0.15) is 0 Å². The predicted molar refractivity (Wildman–Crippen MR) is 72.0 cm³/mol. The Hall–Kier alpha value is -1.34. The van der Waals surface area contributed by atoms with Gasteiger partial charge in [0.1, 0.15) is 10.7 Å². The summed E-state index contributed by atoms with van der Waals surface area (Å²) in [6.45, 7) is 1.05. The van der Waals surface area contributed by atoms with Crippen LogP contribution in [0.3, 0.4) is 0 Å². The molecule has 0 bridgehead atoms. The number of likely N-dealkylation sites (N-methyl/N-ethyl adjacent to an activating group) is 1. The van der Waals surface area contributed by atoms with Gasteiger partial charge < -0.3 is 20.7 Å². The molecule has 18 heavy (non-hydrogen) atoms. The maximum atomic E-state index is 12.1. The van der Waals surface area contributed by atoms with Crippen molar-refractivity contribution in [3.05, 3.63) is 4.88 Å². The molecule has 0 aromatic carbocycles. The minimum absolute atomic E-state index is 0.106. The standard InChI is InChI=1S/C11H18N4O2S/c1-15(5-6-17-2)10(16)8-9(12)14-11(18-8)13-7-3-4-7/h7H,3-6,12H2,1-2H3,(H,13,14). The van der Waals surface area contributed by atoms with Crippen molar-refractivity contribution in [2.45, 2.75) is 18.9 Å². The highest BCUT2D eigenvalue weighted by Gasteiger charge is 2.25. The summed E-state index contributed by atoms with van der Waals surface area (Å²) in [6.07, 6.45) is 2.33. The quantitative estimate of drug-likeness (QED) is 0.806. The lowest BCUT2D eigenvalue weighted by Gasteiger charge is -2.15. The van der Waals surface area contributed by atoms with E-state index in [1.807, 2.05) is 0 Å². The largest absolute Gasteiger partial charge is 0.383 e. The first kappa shape index (κ1) is 13.1. The van der Waals surface area contributed by atoms with Crippen molar-refractivity contribution in [1.29, 1.82) is 0 Å². The van der Waals surface area contributed by atoms with Crippen LogP contribution >= 0.6 is 11.3 Å². The van der Waals surface area contributed by atoms with Crippen LogP contribution in [0.25, 0.3) is 0 Å². The molecule has 0 aliphatic heterocycles. The third-order valence-electron chi connectivity index (χ3n) is 2.73. The van der Waals surface area contributed by atoms with E-state index in [1.165, 1.54) is 11.3 Å². The fourth-order valence-electron chi connectivity index (χ4n) is 1.45. The van der Waals surface area contributed by atoms with Gasteiger partial charge in [-0.3, -0.25) is 4.79 Å². The highest BCUT2D eigenvalue weighted by atomic mass is 32.1. The van der Waals surface area contributed by atoms with Gasteiger partial charge in [-0.25, -0.2) is 4.98 Å². The van der Waals surface area contributed by atoms with E-state index in [-0.39, 0.29) is 5.91 Å². The van der Waals surface area contributed by atoms with Crippen LogP contribution in [-0.2, 0) is 4.74 Å². The number of hydrogen-bond acceptors (Lipinski definition) is 6. The number of ether oxygens (including phenoxy) is 1. The minimum atomic E-state index is -0.106. The van der Waals surface area contributed by atoms with Crippen molar-refractivity contribution in [2.24, 2.45) is 0 Å². The molecule has 1 aromatic heterocycles. The maximum absolute atomic E-state index is 12.1. The van der Waals surface area contributed by atoms with E-state index in [0.29, 0.717) is 29.9 Å². The van der Waals surface area contributed by atoms with Crippen molar-refractivity contribution in [1.82, 2.24) is 9.88 Å². The first-order chi connectivity index (χ1) is 8.61. The Morgan fingerprint density at radius 1 is 1.67 bits per heavy atom. The summed E-state index contributed by atoms with van der Waals surface area (Å²) >= 11 is 1.32. The molecule has 1 aliphatic carbocycles.